The summed E-state index contributed by atoms with van der Waals surface area (Å²) in [7, 11) is 1.30. The molecule has 1 aromatic heterocycles. The van der Waals surface area contributed by atoms with Crippen LogP contribution in [0, 0.1) is 6.92 Å². The highest BCUT2D eigenvalue weighted by Crippen LogP contribution is 2.20. The molecule has 0 aliphatic carbocycles. The van der Waals surface area contributed by atoms with E-state index in [4.69, 9.17) is 4.74 Å². The van der Waals surface area contributed by atoms with Gasteiger partial charge in [-0.2, -0.15) is 0 Å². The molecule has 0 aliphatic rings. The lowest BCUT2D eigenvalue weighted by molar-refractivity contribution is 0.0599. The van der Waals surface area contributed by atoms with Gasteiger partial charge >= 0.3 is 5.97 Å². The van der Waals surface area contributed by atoms with Gasteiger partial charge in [0.1, 0.15) is 5.69 Å². The molecule has 0 saturated carbocycles. The van der Waals surface area contributed by atoms with Crippen molar-refractivity contribution < 1.29 is 14.3 Å². The molecular weight excluding hydrogens is 320 g/mol. The van der Waals surface area contributed by atoms with E-state index in [0.717, 1.165) is 0 Å². The zero-order valence-corrected chi connectivity index (χ0v) is 13.8. The number of H-pyrrole nitrogens is 1. The summed E-state index contributed by atoms with van der Waals surface area (Å²) in [5.41, 5.74) is 1.25. The number of nitrogens with one attached hydrogen (secondary N) is 2. The van der Waals surface area contributed by atoms with Gasteiger partial charge in [0.05, 0.1) is 12.7 Å². The first-order chi connectivity index (χ1) is 12.0. The molecule has 0 fully saturated rings. The lowest BCUT2D eigenvalue weighted by Crippen LogP contribution is -2.19. The quantitative estimate of drug-likeness (QED) is 0.720. The summed E-state index contributed by atoms with van der Waals surface area (Å²) in [6.07, 6.45) is 0. The number of ether oxygens (including phenoxy) is 1. The fourth-order valence-electron chi connectivity index (χ4n) is 2.63. The zero-order chi connectivity index (χ0) is 18.0. The largest absolute Gasteiger partial charge is 0.465 e. The van der Waals surface area contributed by atoms with Crippen LogP contribution in [-0.2, 0) is 4.74 Å². The Hall–Kier alpha value is -3.41. The third-order valence-electron chi connectivity index (χ3n) is 3.99. The molecule has 0 spiro atoms. The second-order valence-corrected chi connectivity index (χ2v) is 5.52. The molecule has 0 bridgehead atoms. The Labute approximate surface area is 143 Å². The molecule has 126 valence electrons. The van der Waals surface area contributed by atoms with Gasteiger partial charge in [-0.1, -0.05) is 24.3 Å². The summed E-state index contributed by atoms with van der Waals surface area (Å²) < 4.78 is 4.73. The van der Waals surface area contributed by atoms with Crippen LogP contribution in [0.1, 0.15) is 26.4 Å². The van der Waals surface area contributed by atoms with Crippen LogP contribution < -0.4 is 10.9 Å². The summed E-state index contributed by atoms with van der Waals surface area (Å²) in [4.78, 5) is 39.0. The summed E-state index contributed by atoms with van der Waals surface area (Å²) >= 11 is 0. The molecular formula is C19H16N2O4. The highest BCUT2D eigenvalue weighted by atomic mass is 16.5. The highest BCUT2D eigenvalue weighted by Gasteiger charge is 2.15. The number of amides is 1. The molecule has 3 rings (SSSR count). The van der Waals surface area contributed by atoms with Crippen molar-refractivity contribution in [2.24, 2.45) is 0 Å². The van der Waals surface area contributed by atoms with Gasteiger partial charge < -0.3 is 15.0 Å². The molecule has 6 nitrogen and oxygen atoms in total. The lowest BCUT2D eigenvalue weighted by atomic mass is 10.1. The standard InChI is InChI=1S/C19H16N2O4/c1-11-13(19(24)25-2)8-5-9-15(11)20-18(23)16-10-12-6-3-4-7-14(12)17(22)21-16/h3-10H,1-2H3,(H,20,23)(H,21,22). The molecule has 2 N–H and O–H groups in total. The van der Waals surface area contributed by atoms with Crippen molar-refractivity contribution in [3.8, 4) is 0 Å². The maximum absolute atomic E-state index is 12.5. The molecule has 0 radical (unpaired) electrons. The number of anilines is 1. The van der Waals surface area contributed by atoms with Crippen LogP contribution in [0.3, 0.4) is 0 Å². The number of carbonyl (C=O) groups excluding carboxylic acids is 2. The maximum Gasteiger partial charge on any atom is 0.338 e. The summed E-state index contributed by atoms with van der Waals surface area (Å²) in [5, 5.41) is 3.91. The monoisotopic (exact) mass is 336 g/mol. The number of fused-ring (bicyclic) bond motifs is 1. The number of aromatic amines is 1. The first kappa shape index (κ1) is 16.4. The number of rotatable bonds is 3. The molecule has 6 heteroatoms. The summed E-state index contributed by atoms with van der Waals surface area (Å²) in [5.74, 6) is -0.944. The average Bonchev–Trinajstić information content (AvgIpc) is 2.62. The zero-order valence-electron chi connectivity index (χ0n) is 13.8. The van der Waals surface area contributed by atoms with E-state index in [9.17, 15) is 14.4 Å². The minimum atomic E-state index is -0.479. The fraction of sp³-hybridized carbons (Fsp3) is 0.105. The van der Waals surface area contributed by atoms with Crippen LogP contribution in [0.2, 0.25) is 0 Å². The first-order valence-corrected chi connectivity index (χ1v) is 7.62. The van der Waals surface area contributed by atoms with E-state index in [1.54, 1.807) is 55.5 Å². The number of esters is 1. The van der Waals surface area contributed by atoms with Gasteiger partial charge in [0.15, 0.2) is 0 Å². The fourth-order valence-corrected chi connectivity index (χ4v) is 2.63. The van der Waals surface area contributed by atoms with Crippen molar-refractivity contribution >= 4 is 28.3 Å². The van der Waals surface area contributed by atoms with E-state index in [2.05, 4.69) is 10.3 Å². The molecule has 0 saturated heterocycles. The second-order valence-electron chi connectivity index (χ2n) is 5.52. The predicted octanol–water partition coefficient (Wildman–Crippen LogP) is 2.88. The molecule has 1 amide bonds. The average molecular weight is 336 g/mol. The van der Waals surface area contributed by atoms with Crippen LogP contribution in [0.15, 0.2) is 53.3 Å². The third kappa shape index (κ3) is 3.14. The van der Waals surface area contributed by atoms with E-state index in [0.29, 0.717) is 27.6 Å². The number of benzene rings is 2. The van der Waals surface area contributed by atoms with Crippen molar-refractivity contribution in [1.29, 1.82) is 0 Å². The molecule has 2 aromatic carbocycles. The Morgan fingerprint density at radius 3 is 2.60 bits per heavy atom. The summed E-state index contributed by atoms with van der Waals surface area (Å²) in [6, 6.07) is 13.6. The van der Waals surface area contributed by atoms with E-state index in [1.165, 1.54) is 7.11 Å². The minimum absolute atomic E-state index is 0.145. The third-order valence-corrected chi connectivity index (χ3v) is 3.99. The van der Waals surface area contributed by atoms with Crippen molar-refractivity contribution in [1.82, 2.24) is 4.98 Å². The van der Waals surface area contributed by atoms with E-state index >= 15 is 0 Å². The topological polar surface area (TPSA) is 88.3 Å². The van der Waals surface area contributed by atoms with Gasteiger partial charge in [-0.15, -0.1) is 0 Å². The number of hydrogen-bond acceptors (Lipinski definition) is 4. The van der Waals surface area contributed by atoms with Crippen LogP contribution in [-0.4, -0.2) is 24.0 Å². The highest BCUT2D eigenvalue weighted by molar-refractivity contribution is 6.06. The molecule has 0 unspecified atom stereocenters. The Morgan fingerprint density at radius 1 is 1.08 bits per heavy atom. The van der Waals surface area contributed by atoms with Gasteiger partial charge in [0.25, 0.3) is 11.5 Å². The van der Waals surface area contributed by atoms with Crippen molar-refractivity contribution in [2.45, 2.75) is 6.92 Å². The van der Waals surface area contributed by atoms with Gasteiger partial charge in [-0.3, -0.25) is 9.59 Å². The molecule has 3 aromatic rings. The van der Waals surface area contributed by atoms with Crippen molar-refractivity contribution in [3.05, 3.63) is 75.7 Å². The Kier molecular flexibility index (Phi) is 4.35. The SMILES string of the molecule is COC(=O)c1cccc(NC(=O)c2cc3ccccc3c(=O)[nH]2)c1C. The lowest BCUT2D eigenvalue weighted by Gasteiger charge is -2.11. The molecule has 25 heavy (non-hydrogen) atoms. The number of carbonyl (C=O) groups is 2. The van der Waals surface area contributed by atoms with E-state index in [1.807, 2.05) is 0 Å². The number of aromatic nitrogens is 1. The maximum atomic E-state index is 12.5. The Balaban J connectivity index is 1.96. The minimum Gasteiger partial charge on any atom is -0.465 e. The van der Waals surface area contributed by atoms with E-state index in [-0.39, 0.29) is 11.3 Å². The van der Waals surface area contributed by atoms with Crippen LogP contribution in [0.25, 0.3) is 10.8 Å². The van der Waals surface area contributed by atoms with Gasteiger partial charge in [0.2, 0.25) is 0 Å². The van der Waals surface area contributed by atoms with Crippen molar-refractivity contribution in [3.63, 3.8) is 0 Å². The number of hydrogen-bond donors (Lipinski definition) is 2. The normalized spacial score (nSPS) is 10.5. The Bertz CT molecular complexity index is 1040. The molecule has 1 heterocycles. The summed E-state index contributed by atoms with van der Waals surface area (Å²) in [6.45, 7) is 1.71. The molecule has 0 aliphatic heterocycles. The van der Waals surface area contributed by atoms with Gasteiger partial charge in [0, 0.05) is 11.1 Å². The Morgan fingerprint density at radius 2 is 1.84 bits per heavy atom. The van der Waals surface area contributed by atoms with Crippen LogP contribution >= 0.6 is 0 Å². The van der Waals surface area contributed by atoms with Crippen LogP contribution in [0.5, 0.6) is 0 Å². The number of pyridine rings is 1. The van der Waals surface area contributed by atoms with Crippen molar-refractivity contribution in [2.75, 3.05) is 12.4 Å². The van der Waals surface area contributed by atoms with Gasteiger partial charge in [-0.05, 0) is 42.1 Å². The predicted molar refractivity (Wildman–Crippen MR) is 95.0 cm³/mol. The van der Waals surface area contributed by atoms with E-state index < -0.39 is 11.9 Å². The smallest absolute Gasteiger partial charge is 0.338 e. The molecule has 0 atom stereocenters. The number of methoxy groups -OCH3 is 1. The van der Waals surface area contributed by atoms with Gasteiger partial charge in [-0.25, -0.2) is 4.79 Å². The van der Waals surface area contributed by atoms with Crippen LogP contribution in [0.4, 0.5) is 5.69 Å². The second kappa shape index (κ2) is 6.60. The first-order valence-electron chi connectivity index (χ1n) is 7.62.